The van der Waals surface area contributed by atoms with Crippen LogP contribution in [0.15, 0.2) is 33.6 Å². The van der Waals surface area contributed by atoms with E-state index in [1.54, 1.807) is 17.6 Å². The molecule has 1 fully saturated rings. The molecule has 4 heteroatoms. The topological polar surface area (TPSA) is 28.4 Å². The summed E-state index contributed by atoms with van der Waals surface area (Å²) in [4.78, 5) is 2.54. The van der Waals surface area contributed by atoms with Gasteiger partial charge in [0.15, 0.2) is 0 Å². The number of nitrogens with zero attached hydrogens (tertiary/aromatic N) is 1. The summed E-state index contributed by atoms with van der Waals surface area (Å²) < 4.78 is 5.67. The Morgan fingerprint density at radius 2 is 2.26 bits per heavy atom. The maximum atomic E-state index is 5.67. The molecular weight excluding hydrogens is 256 g/mol. The van der Waals surface area contributed by atoms with Gasteiger partial charge >= 0.3 is 0 Å². The third-order valence-corrected chi connectivity index (χ3v) is 4.31. The Hall–Kier alpha value is -1.10. The molecule has 0 aliphatic heterocycles. The minimum Gasteiger partial charge on any atom is -0.468 e. The van der Waals surface area contributed by atoms with Gasteiger partial charge in [-0.15, -0.1) is 0 Å². The number of hydrogen-bond acceptors (Lipinski definition) is 4. The first-order valence-corrected chi connectivity index (χ1v) is 7.76. The zero-order valence-electron chi connectivity index (χ0n) is 11.3. The lowest BCUT2D eigenvalue weighted by molar-refractivity contribution is 0.224. The number of rotatable bonds is 7. The summed E-state index contributed by atoms with van der Waals surface area (Å²) >= 11 is 1.77. The number of hydrogen-bond donors (Lipinski definition) is 1. The number of thiophene rings is 1. The van der Waals surface area contributed by atoms with Crippen LogP contribution < -0.4 is 5.32 Å². The quantitative estimate of drug-likeness (QED) is 0.841. The van der Waals surface area contributed by atoms with Crippen LogP contribution in [0.5, 0.6) is 0 Å². The molecule has 0 unspecified atom stereocenters. The Labute approximate surface area is 118 Å². The van der Waals surface area contributed by atoms with Gasteiger partial charge < -0.3 is 9.73 Å². The molecule has 3 nitrogen and oxygen atoms in total. The van der Waals surface area contributed by atoms with Crippen molar-refractivity contribution < 1.29 is 4.42 Å². The van der Waals surface area contributed by atoms with E-state index in [9.17, 15) is 0 Å². The zero-order chi connectivity index (χ0) is 13.1. The van der Waals surface area contributed by atoms with E-state index >= 15 is 0 Å². The Balaban J connectivity index is 1.69. The molecular formula is C15H20N2OS. The fourth-order valence-corrected chi connectivity index (χ4v) is 3.07. The first kappa shape index (κ1) is 12.9. The molecule has 0 radical (unpaired) electrons. The predicted octanol–water partition coefficient (Wildman–Crippen LogP) is 3.23. The van der Waals surface area contributed by atoms with Gasteiger partial charge in [0.1, 0.15) is 5.76 Å². The Morgan fingerprint density at radius 3 is 2.95 bits per heavy atom. The lowest BCUT2D eigenvalue weighted by Gasteiger charge is -2.20. The van der Waals surface area contributed by atoms with Crippen molar-refractivity contribution >= 4 is 11.3 Å². The number of furan rings is 1. The molecule has 1 aliphatic carbocycles. The fourth-order valence-electron chi connectivity index (χ4n) is 2.41. The van der Waals surface area contributed by atoms with Crippen molar-refractivity contribution in [2.24, 2.45) is 0 Å². The Morgan fingerprint density at radius 1 is 1.37 bits per heavy atom. The molecule has 102 valence electrons. The van der Waals surface area contributed by atoms with Crippen LogP contribution in [-0.2, 0) is 19.6 Å². The second-order valence-corrected chi connectivity index (χ2v) is 5.95. The standard InChI is InChI=1S/C15H20N2OS/c1-16-8-13-4-6-18-15(13)10-17(14-2-3-14)9-12-5-7-19-11-12/h4-7,11,14,16H,2-3,8-10H2,1H3. The average Bonchev–Trinajstić information content (AvgIpc) is 2.96. The van der Waals surface area contributed by atoms with Crippen LogP contribution in [0, 0.1) is 0 Å². The van der Waals surface area contributed by atoms with Gasteiger partial charge in [0.25, 0.3) is 0 Å². The summed E-state index contributed by atoms with van der Waals surface area (Å²) in [6.07, 6.45) is 4.45. The van der Waals surface area contributed by atoms with Crippen molar-refractivity contribution in [3.05, 3.63) is 46.0 Å². The fraction of sp³-hybridized carbons (Fsp3) is 0.467. The summed E-state index contributed by atoms with van der Waals surface area (Å²) in [6.45, 7) is 2.83. The highest BCUT2D eigenvalue weighted by atomic mass is 32.1. The van der Waals surface area contributed by atoms with Gasteiger partial charge in [-0.2, -0.15) is 11.3 Å². The van der Waals surface area contributed by atoms with Crippen LogP contribution in [0.4, 0.5) is 0 Å². The molecule has 1 aliphatic rings. The predicted molar refractivity (Wildman–Crippen MR) is 78.1 cm³/mol. The van der Waals surface area contributed by atoms with Gasteiger partial charge in [-0.1, -0.05) is 0 Å². The second kappa shape index (κ2) is 5.90. The SMILES string of the molecule is CNCc1ccoc1CN(Cc1ccsc1)C1CC1. The van der Waals surface area contributed by atoms with Gasteiger partial charge in [-0.25, -0.2) is 0 Å². The van der Waals surface area contributed by atoms with Gasteiger partial charge in [-0.3, -0.25) is 4.90 Å². The van der Waals surface area contributed by atoms with E-state index in [0.29, 0.717) is 0 Å². The minimum atomic E-state index is 0.743. The molecule has 0 saturated heterocycles. The highest BCUT2D eigenvalue weighted by Gasteiger charge is 2.30. The zero-order valence-corrected chi connectivity index (χ0v) is 12.1. The van der Waals surface area contributed by atoms with Crippen molar-refractivity contribution in [1.29, 1.82) is 0 Å². The Bertz CT molecular complexity index is 502. The highest BCUT2D eigenvalue weighted by molar-refractivity contribution is 7.07. The second-order valence-electron chi connectivity index (χ2n) is 5.17. The van der Waals surface area contributed by atoms with E-state index in [4.69, 9.17) is 4.42 Å². The molecule has 1 N–H and O–H groups in total. The maximum absolute atomic E-state index is 5.67. The van der Waals surface area contributed by atoms with E-state index in [0.717, 1.165) is 31.4 Å². The van der Waals surface area contributed by atoms with Gasteiger partial charge in [-0.05, 0) is 48.3 Å². The molecule has 0 bridgehead atoms. The van der Waals surface area contributed by atoms with Crippen LogP contribution in [0.25, 0.3) is 0 Å². The molecule has 2 aromatic heterocycles. The van der Waals surface area contributed by atoms with Crippen molar-refractivity contribution in [2.75, 3.05) is 7.05 Å². The largest absolute Gasteiger partial charge is 0.468 e. The molecule has 1 saturated carbocycles. The smallest absolute Gasteiger partial charge is 0.122 e. The highest BCUT2D eigenvalue weighted by Crippen LogP contribution is 2.30. The minimum absolute atomic E-state index is 0.743. The van der Waals surface area contributed by atoms with Gasteiger partial charge in [0.2, 0.25) is 0 Å². The molecule has 2 heterocycles. The molecule has 19 heavy (non-hydrogen) atoms. The van der Waals surface area contributed by atoms with Gasteiger partial charge in [0.05, 0.1) is 12.8 Å². The summed E-state index contributed by atoms with van der Waals surface area (Å²) in [6, 6.07) is 5.03. The van der Waals surface area contributed by atoms with Crippen molar-refractivity contribution in [2.45, 2.75) is 38.5 Å². The normalized spacial score (nSPS) is 15.3. The first-order valence-electron chi connectivity index (χ1n) is 6.82. The third-order valence-electron chi connectivity index (χ3n) is 3.58. The lowest BCUT2D eigenvalue weighted by atomic mass is 10.2. The molecule has 0 aromatic carbocycles. The summed E-state index contributed by atoms with van der Waals surface area (Å²) in [7, 11) is 1.97. The van der Waals surface area contributed by atoms with Crippen molar-refractivity contribution in [1.82, 2.24) is 10.2 Å². The van der Waals surface area contributed by atoms with E-state index in [-0.39, 0.29) is 0 Å². The summed E-state index contributed by atoms with van der Waals surface area (Å²) in [5.74, 6) is 1.11. The third kappa shape index (κ3) is 3.26. The van der Waals surface area contributed by atoms with Gasteiger partial charge in [0, 0.05) is 24.7 Å². The average molecular weight is 276 g/mol. The van der Waals surface area contributed by atoms with Crippen LogP contribution in [0.3, 0.4) is 0 Å². The van der Waals surface area contributed by atoms with Crippen LogP contribution in [0.2, 0.25) is 0 Å². The van der Waals surface area contributed by atoms with E-state index < -0.39 is 0 Å². The molecule has 0 atom stereocenters. The molecule has 0 amide bonds. The Kier molecular flexibility index (Phi) is 4.01. The molecule has 0 spiro atoms. The van der Waals surface area contributed by atoms with E-state index in [1.807, 2.05) is 7.05 Å². The lowest BCUT2D eigenvalue weighted by Crippen LogP contribution is -2.25. The summed E-state index contributed by atoms with van der Waals surface area (Å²) in [5.41, 5.74) is 2.69. The van der Waals surface area contributed by atoms with E-state index in [1.165, 1.54) is 24.0 Å². The van der Waals surface area contributed by atoms with Crippen molar-refractivity contribution in [3.8, 4) is 0 Å². The van der Waals surface area contributed by atoms with Crippen molar-refractivity contribution in [3.63, 3.8) is 0 Å². The van der Waals surface area contributed by atoms with Crippen LogP contribution >= 0.6 is 11.3 Å². The first-order chi connectivity index (χ1) is 9.36. The molecule has 2 aromatic rings. The van der Waals surface area contributed by atoms with Crippen LogP contribution in [-0.4, -0.2) is 18.0 Å². The monoisotopic (exact) mass is 276 g/mol. The summed E-state index contributed by atoms with van der Waals surface area (Å²) in [5, 5.41) is 7.59. The maximum Gasteiger partial charge on any atom is 0.122 e. The number of nitrogens with one attached hydrogen (secondary N) is 1. The van der Waals surface area contributed by atoms with Crippen LogP contribution in [0.1, 0.15) is 29.7 Å². The van der Waals surface area contributed by atoms with E-state index in [2.05, 4.69) is 33.1 Å². The molecule has 3 rings (SSSR count).